The van der Waals surface area contributed by atoms with Gasteiger partial charge in [0.1, 0.15) is 5.82 Å². The van der Waals surface area contributed by atoms with Crippen molar-refractivity contribution < 1.29 is 4.79 Å². The highest BCUT2D eigenvalue weighted by atomic mass is 79.9. The molecule has 118 valence electrons. The van der Waals surface area contributed by atoms with Crippen LogP contribution in [0.5, 0.6) is 0 Å². The van der Waals surface area contributed by atoms with E-state index in [0.29, 0.717) is 16.6 Å². The number of nitriles is 1. The van der Waals surface area contributed by atoms with E-state index < -0.39 is 17.4 Å². The minimum Gasteiger partial charge on any atom is -0.323 e. The Kier molecular flexibility index (Phi) is 4.35. The predicted octanol–water partition coefficient (Wildman–Crippen LogP) is 2.33. The molecular formula is C16H10BrN5O2. The number of aromatic amines is 1. The lowest BCUT2D eigenvalue weighted by Crippen LogP contribution is -2.24. The van der Waals surface area contributed by atoms with E-state index >= 15 is 0 Å². The predicted molar refractivity (Wildman–Crippen MR) is 91.3 cm³/mol. The fraction of sp³-hybridized carbons (Fsp3) is 0.0625. The first kappa shape index (κ1) is 15.8. The molecule has 0 fully saturated rings. The Morgan fingerprint density at radius 2 is 2.21 bits per heavy atom. The van der Waals surface area contributed by atoms with E-state index in [9.17, 15) is 14.9 Å². The van der Waals surface area contributed by atoms with Crippen LogP contribution in [-0.4, -0.2) is 20.9 Å². The molecule has 0 bridgehead atoms. The first-order chi connectivity index (χ1) is 11.6. The Bertz CT molecular complexity index is 1010. The number of nitrogens with zero attached hydrogens (tertiary/aromatic N) is 3. The molecule has 0 unspecified atom stereocenters. The van der Waals surface area contributed by atoms with Crippen LogP contribution in [0.25, 0.3) is 10.9 Å². The van der Waals surface area contributed by atoms with Gasteiger partial charge >= 0.3 is 0 Å². The third-order valence-electron chi connectivity index (χ3n) is 3.28. The largest absolute Gasteiger partial charge is 0.323 e. The van der Waals surface area contributed by atoms with E-state index in [1.54, 1.807) is 36.5 Å². The number of anilines is 1. The molecule has 2 N–H and O–H groups in total. The molecule has 0 aliphatic rings. The minimum atomic E-state index is -1.24. The first-order valence-corrected chi connectivity index (χ1v) is 7.68. The monoisotopic (exact) mass is 383 g/mol. The number of aromatic nitrogens is 3. The van der Waals surface area contributed by atoms with E-state index in [2.05, 4.69) is 36.2 Å². The number of hydrogen-bond donors (Lipinski definition) is 2. The molecule has 8 heteroatoms. The average Bonchev–Trinajstić information content (AvgIpc) is 2.57. The van der Waals surface area contributed by atoms with E-state index in [-0.39, 0.29) is 5.82 Å². The highest BCUT2D eigenvalue weighted by molar-refractivity contribution is 9.10. The Morgan fingerprint density at radius 1 is 1.38 bits per heavy atom. The van der Waals surface area contributed by atoms with Crippen molar-refractivity contribution in [2.45, 2.75) is 5.92 Å². The van der Waals surface area contributed by atoms with Gasteiger partial charge < -0.3 is 10.3 Å². The van der Waals surface area contributed by atoms with Crippen LogP contribution in [0.1, 0.15) is 11.7 Å². The summed E-state index contributed by atoms with van der Waals surface area (Å²) in [4.78, 5) is 35.1. The molecule has 0 aliphatic heterocycles. The van der Waals surface area contributed by atoms with Crippen LogP contribution in [0.2, 0.25) is 0 Å². The molecule has 0 saturated heterocycles. The molecule has 0 aliphatic carbocycles. The zero-order valence-electron chi connectivity index (χ0n) is 12.2. The van der Waals surface area contributed by atoms with Crippen molar-refractivity contribution in [3.05, 3.63) is 63.4 Å². The number of fused-ring (bicyclic) bond motifs is 1. The summed E-state index contributed by atoms with van der Waals surface area (Å²) in [7, 11) is 0. The van der Waals surface area contributed by atoms with Gasteiger partial charge in [-0.3, -0.25) is 14.6 Å². The first-order valence-electron chi connectivity index (χ1n) is 6.88. The van der Waals surface area contributed by atoms with Crippen molar-refractivity contribution in [2.24, 2.45) is 0 Å². The zero-order chi connectivity index (χ0) is 17.1. The average molecular weight is 384 g/mol. The maximum absolute atomic E-state index is 12.3. The Hall–Kier alpha value is -3.05. The lowest BCUT2D eigenvalue weighted by atomic mass is 10.1. The van der Waals surface area contributed by atoms with Crippen molar-refractivity contribution >= 4 is 38.4 Å². The lowest BCUT2D eigenvalue weighted by Gasteiger charge is -2.10. The number of hydrogen-bond acceptors (Lipinski definition) is 5. The van der Waals surface area contributed by atoms with Crippen LogP contribution in [0, 0.1) is 11.3 Å². The zero-order valence-corrected chi connectivity index (χ0v) is 13.7. The number of rotatable bonds is 3. The van der Waals surface area contributed by atoms with Crippen molar-refractivity contribution in [2.75, 3.05) is 5.32 Å². The van der Waals surface area contributed by atoms with Crippen LogP contribution in [0.3, 0.4) is 0 Å². The van der Waals surface area contributed by atoms with Gasteiger partial charge in [0.05, 0.1) is 28.9 Å². The van der Waals surface area contributed by atoms with Gasteiger partial charge in [-0.1, -0.05) is 15.9 Å². The molecule has 2 aromatic heterocycles. The summed E-state index contributed by atoms with van der Waals surface area (Å²) in [6.45, 7) is 0. The SMILES string of the molecule is N#C[C@H](C(=O)Nc1cccnc1)c1nc2ccc(Br)cc2c(=O)[nH]1. The number of carbonyl (C=O) groups excluding carboxylic acids is 1. The van der Waals surface area contributed by atoms with Crippen molar-refractivity contribution in [1.29, 1.82) is 5.26 Å². The van der Waals surface area contributed by atoms with Crippen LogP contribution in [0.4, 0.5) is 5.69 Å². The molecular weight excluding hydrogens is 374 g/mol. The number of H-pyrrole nitrogens is 1. The molecule has 1 amide bonds. The number of nitrogens with one attached hydrogen (secondary N) is 2. The topological polar surface area (TPSA) is 112 Å². The number of carbonyl (C=O) groups is 1. The molecule has 3 aromatic rings. The maximum atomic E-state index is 12.3. The molecule has 0 saturated carbocycles. The number of benzene rings is 1. The second kappa shape index (κ2) is 6.60. The van der Waals surface area contributed by atoms with Gasteiger partial charge in [0.25, 0.3) is 5.56 Å². The molecule has 3 rings (SSSR count). The van der Waals surface area contributed by atoms with E-state index in [1.807, 2.05) is 6.07 Å². The summed E-state index contributed by atoms with van der Waals surface area (Å²) in [5, 5.41) is 12.3. The number of pyridine rings is 1. The van der Waals surface area contributed by atoms with Crippen LogP contribution >= 0.6 is 15.9 Å². The van der Waals surface area contributed by atoms with Crippen molar-refractivity contribution in [3.63, 3.8) is 0 Å². The smallest absolute Gasteiger partial charge is 0.258 e. The van der Waals surface area contributed by atoms with Gasteiger partial charge in [-0.2, -0.15) is 5.26 Å². The van der Waals surface area contributed by atoms with Gasteiger partial charge in [-0.25, -0.2) is 4.98 Å². The highest BCUT2D eigenvalue weighted by Crippen LogP contribution is 2.18. The quantitative estimate of drug-likeness (QED) is 0.720. The maximum Gasteiger partial charge on any atom is 0.258 e. The van der Waals surface area contributed by atoms with Gasteiger partial charge in [-0.05, 0) is 30.3 Å². The number of amides is 1. The van der Waals surface area contributed by atoms with Gasteiger partial charge in [0, 0.05) is 10.7 Å². The standard InChI is InChI=1S/C16H10BrN5O2/c17-9-3-4-13-11(6-9)15(23)22-14(21-13)12(7-18)16(24)20-10-2-1-5-19-8-10/h1-6,8,12H,(H,20,24)(H,21,22,23)/t12-/m0/s1. The summed E-state index contributed by atoms with van der Waals surface area (Å²) in [5.41, 5.74) is 0.451. The number of halogens is 1. The summed E-state index contributed by atoms with van der Waals surface area (Å²) in [5.74, 6) is -1.84. The van der Waals surface area contributed by atoms with Crippen LogP contribution in [-0.2, 0) is 4.79 Å². The second-order valence-corrected chi connectivity index (χ2v) is 5.82. The van der Waals surface area contributed by atoms with Gasteiger partial charge in [0.15, 0.2) is 5.92 Å². The van der Waals surface area contributed by atoms with E-state index in [4.69, 9.17) is 0 Å². The summed E-state index contributed by atoms with van der Waals surface area (Å²) >= 11 is 3.29. The van der Waals surface area contributed by atoms with Crippen LogP contribution < -0.4 is 10.9 Å². The normalized spacial score (nSPS) is 11.7. The highest BCUT2D eigenvalue weighted by Gasteiger charge is 2.24. The minimum absolute atomic E-state index is 0.00119. The molecule has 24 heavy (non-hydrogen) atoms. The molecule has 0 spiro atoms. The third-order valence-corrected chi connectivity index (χ3v) is 3.77. The second-order valence-electron chi connectivity index (χ2n) is 4.91. The Balaban J connectivity index is 1.98. The summed E-state index contributed by atoms with van der Waals surface area (Å²) in [6, 6.07) is 10.2. The van der Waals surface area contributed by atoms with Crippen molar-refractivity contribution in [1.82, 2.24) is 15.0 Å². The summed E-state index contributed by atoms with van der Waals surface area (Å²) in [6.07, 6.45) is 3.03. The third kappa shape index (κ3) is 3.16. The molecule has 0 radical (unpaired) electrons. The lowest BCUT2D eigenvalue weighted by molar-refractivity contribution is -0.116. The van der Waals surface area contributed by atoms with Crippen molar-refractivity contribution in [3.8, 4) is 6.07 Å². The Labute approximate surface area is 144 Å². The summed E-state index contributed by atoms with van der Waals surface area (Å²) < 4.78 is 0.737. The van der Waals surface area contributed by atoms with E-state index in [1.165, 1.54) is 6.20 Å². The fourth-order valence-corrected chi connectivity index (χ4v) is 2.52. The van der Waals surface area contributed by atoms with E-state index in [0.717, 1.165) is 4.47 Å². The van der Waals surface area contributed by atoms with Gasteiger partial charge in [-0.15, -0.1) is 0 Å². The molecule has 7 nitrogen and oxygen atoms in total. The molecule has 1 atom stereocenters. The Morgan fingerprint density at radius 3 is 2.92 bits per heavy atom. The molecule has 1 aromatic carbocycles. The molecule has 2 heterocycles. The fourth-order valence-electron chi connectivity index (χ4n) is 2.16. The van der Waals surface area contributed by atoms with Gasteiger partial charge in [0.2, 0.25) is 5.91 Å². The van der Waals surface area contributed by atoms with Crippen LogP contribution in [0.15, 0.2) is 52.0 Å².